The molecule has 6 heteroatoms. The molecule has 0 aromatic carbocycles. The van der Waals surface area contributed by atoms with Crippen LogP contribution in [0.4, 0.5) is 0 Å². The van der Waals surface area contributed by atoms with E-state index < -0.39 is 5.60 Å². The van der Waals surface area contributed by atoms with Gasteiger partial charge in [0, 0.05) is 23.7 Å². The molecule has 0 amide bonds. The Kier molecular flexibility index (Phi) is 2.60. The summed E-state index contributed by atoms with van der Waals surface area (Å²) < 4.78 is 5.16. The van der Waals surface area contributed by atoms with Gasteiger partial charge in [-0.15, -0.1) is 0 Å². The van der Waals surface area contributed by atoms with Gasteiger partial charge in [-0.25, -0.2) is 0 Å². The number of hydrogen-bond donors (Lipinski definition) is 1. The van der Waals surface area contributed by atoms with Crippen LogP contribution in [0.2, 0.25) is 0 Å². The van der Waals surface area contributed by atoms with Gasteiger partial charge < -0.3 is 9.63 Å². The molecule has 0 saturated carbocycles. The zero-order chi connectivity index (χ0) is 11.7. The number of nitrogens with zero attached hydrogens (tertiary/aromatic N) is 3. The van der Waals surface area contributed by atoms with Gasteiger partial charge in [0.15, 0.2) is 5.60 Å². The summed E-state index contributed by atoms with van der Waals surface area (Å²) in [6.07, 6.45) is 4.01. The third-order valence-corrected chi connectivity index (χ3v) is 3.94. The fourth-order valence-corrected chi connectivity index (χ4v) is 2.99. The standard InChI is InChI=1S/C11H11N3O2S/c15-11(3-6-17-7-11)10-13-9(14-16-10)8-1-4-12-5-2-8/h1-2,4-5,15H,3,6-7H2/t11-/m0/s1. The zero-order valence-corrected chi connectivity index (χ0v) is 9.85. The lowest BCUT2D eigenvalue weighted by molar-refractivity contribution is 0.0307. The van der Waals surface area contributed by atoms with Crippen molar-refractivity contribution in [3.63, 3.8) is 0 Å². The van der Waals surface area contributed by atoms with Gasteiger partial charge in [0.1, 0.15) is 0 Å². The summed E-state index contributed by atoms with van der Waals surface area (Å²) in [5.74, 6) is 2.34. The highest BCUT2D eigenvalue weighted by Crippen LogP contribution is 2.36. The second-order valence-electron chi connectivity index (χ2n) is 3.99. The zero-order valence-electron chi connectivity index (χ0n) is 9.04. The van der Waals surface area contributed by atoms with Crippen molar-refractivity contribution in [3.05, 3.63) is 30.4 Å². The topological polar surface area (TPSA) is 72.0 Å². The summed E-state index contributed by atoms with van der Waals surface area (Å²) >= 11 is 1.69. The maximum atomic E-state index is 10.3. The molecule has 0 spiro atoms. The Bertz CT molecular complexity index is 508. The smallest absolute Gasteiger partial charge is 0.259 e. The SMILES string of the molecule is O[C@@]1(c2nc(-c3ccncc3)no2)CCSC1. The molecule has 1 aliphatic heterocycles. The fourth-order valence-electron chi connectivity index (χ4n) is 1.75. The summed E-state index contributed by atoms with van der Waals surface area (Å²) in [4.78, 5) is 8.20. The molecule has 2 aromatic heterocycles. The molecule has 1 fully saturated rings. The lowest BCUT2D eigenvalue weighted by atomic mass is 10.0. The van der Waals surface area contributed by atoms with Crippen LogP contribution in [0.25, 0.3) is 11.4 Å². The van der Waals surface area contributed by atoms with Crippen molar-refractivity contribution in [2.24, 2.45) is 0 Å². The molecule has 2 aromatic rings. The first kappa shape index (κ1) is 10.7. The largest absolute Gasteiger partial charge is 0.379 e. The number of thioether (sulfide) groups is 1. The molecule has 3 rings (SSSR count). The third-order valence-electron chi connectivity index (χ3n) is 2.76. The molecule has 17 heavy (non-hydrogen) atoms. The maximum Gasteiger partial charge on any atom is 0.259 e. The van der Waals surface area contributed by atoms with Crippen LogP contribution in [0.3, 0.4) is 0 Å². The third kappa shape index (κ3) is 1.94. The van der Waals surface area contributed by atoms with E-state index in [2.05, 4.69) is 15.1 Å². The number of aromatic nitrogens is 3. The van der Waals surface area contributed by atoms with Crippen molar-refractivity contribution in [1.29, 1.82) is 0 Å². The van der Waals surface area contributed by atoms with Crippen LogP contribution in [-0.2, 0) is 5.60 Å². The van der Waals surface area contributed by atoms with Crippen LogP contribution in [0.5, 0.6) is 0 Å². The number of aliphatic hydroxyl groups is 1. The molecule has 3 heterocycles. The van der Waals surface area contributed by atoms with Gasteiger partial charge in [0.2, 0.25) is 5.82 Å². The van der Waals surface area contributed by atoms with E-state index in [9.17, 15) is 5.11 Å². The van der Waals surface area contributed by atoms with Crippen molar-refractivity contribution < 1.29 is 9.63 Å². The van der Waals surface area contributed by atoms with E-state index in [1.165, 1.54) is 0 Å². The van der Waals surface area contributed by atoms with Crippen molar-refractivity contribution in [2.75, 3.05) is 11.5 Å². The highest BCUT2D eigenvalue weighted by Gasteiger charge is 2.39. The molecule has 1 atom stereocenters. The number of pyridine rings is 1. The predicted molar refractivity (Wildman–Crippen MR) is 63.4 cm³/mol. The first-order valence-corrected chi connectivity index (χ1v) is 6.48. The van der Waals surface area contributed by atoms with E-state index in [4.69, 9.17) is 4.52 Å². The van der Waals surface area contributed by atoms with Crippen molar-refractivity contribution >= 4 is 11.8 Å². The van der Waals surface area contributed by atoms with Gasteiger partial charge in [-0.2, -0.15) is 16.7 Å². The average molecular weight is 249 g/mol. The molecule has 0 bridgehead atoms. The fraction of sp³-hybridized carbons (Fsp3) is 0.364. The van der Waals surface area contributed by atoms with Crippen LogP contribution < -0.4 is 0 Å². The van der Waals surface area contributed by atoms with E-state index in [1.807, 2.05) is 12.1 Å². The second-order valence-corrected chi connectivity index (χ2v) is 5.10. The van der Waals surface area contributed by atoms with Gasteiger partial charge in [0.25, 0.3) is 5.89 Å². The molecule has 0 aliphatic carbocycles. The minimum absolute atomic E-state index is 0.314. The minimum Gasteiger partial charge on any atom is -0.379 e. The van der Waals surface area contributed by atoms with Gasteiger partial charge in [-0.3, -0.25) is 4.98 Å². The quantitative estimate of drug-likeness (QED) is 0.868. The molecular weight excluding hydrogens is 238 g/mol. The summed E-state index contributed by atoms with van der Waals surface area (Å²) in [5.41, 5.74) is -0.118. The van der Waals surface area contributed by atoms with Crippen molar-refractivity contribution in [1.82, 2.24) is 15.1 Å². The van der Waals surface area contributed by atoms with E-state index in [0.717, 1.165) is 11.3 Å². The Hall–Kier alpha value is -1.40. The van der Waals surface area contributed by atoms with E-state index >= 15 is 0 Å². The van der Waals surface area contributed by atoms with Gasteiger partial charge in [-0.1, -0.05) is 5.16 Å². The monoisotopic (exact) mass is 249 g/mol. The molecule has 5 nitrogen and oxygen atoms in total. The highest BCUT2D eigenvalue weighted by atomic mass is 32.2. The maximum absolute atomic E-state index is 10.3. The summed E-state index contributed by atoms with van der Waals surface area (Å²) in [6.45, 7) is 0. The Morgan fingerprint density at radius 1 is 1.35 bits per heavy atom. The predicted octanol–water partition coefficient (Wildman–Crippen LogP) is 1.46. The number of rotatable bonds is 2. The van der Waals surface area contributed by atoms with Crippen molar-refractivity contribution in [3.8, 4) is 11.4 Å². The van der Waals surface area contributed by atoms with E-state index in [1.54, 1.807) is 24.2 Å². The minimum atomic E-state index is -0.955. The van der Waals surface area contributed by atoms with Gasteiger partial charge in [-0.05, 0) is 24.3 Å². The Morgan fingerprint density at radius 2 is 2.18 bits per heavy atom. The summed E-state index contributed by atoms with van der Waals surface area (Å²) in [7, 11) is 0. The highest BCUT2D eigenvalue weighted by molar-refractivity contribution is 7.99. The summed E-state index contributed by atoms with van der Waals surface area (Å²) in [6, 6.07) is 3.62. The van der Waals surface area contributed by atoms with Crippen LogP contribution >= 0.6 is 11.8 Å². The molecule has 1 aliphatic rings. The first-order valence-electron chi connectivity index (χ1n) is 5.33. The normalized spacial score (nSPS) is 24.1. The van der Waals surface area contributed by atoms with Gasteiger partial charge >= 0.3 is 0 Å². The average Bonchev–Trinajstić information content (AvgIpc) is 2.99. The first-order chi connectivity index (χ1) is 8.28. The molecule has 0 unspecified atom stereocenters. The van der Waals surface area contributed by atoms with E-state index in [-0.39, 0.29) is 0 Å². The molecule has 1 saturated heterocycles. The van der Waals surface area contributed by atoms with Crippen LogP contribution in [0.1, 0.15) is 12.3 Å². The molecule has 0 radical (unpaired) electrons. The van der Waals surface area contributed by atoms with Crippen LogP contribution in [0, 0.1) is 0 Å². The lowest BCUT2D eigenvalue weighted by Crippen LogP contribution is -2.25. The van der Waals surface area contributed by atoms with Crippen molar-refractivity contribution in [2.45, 2.75) is 12.0 Å². The van der Waals surface area contributed by atoms with Gasteiger partial charge in [0.05, 0.1) is 0 Å². The molecular formula is C11H11N3O2S. The Labute approximate surface area is 102 Å². The van der Waals surface area contributed by atoms with E-state index in [0.29, 0.717) is 23.9 Å². The molecule has 88 valence electrons. The summed E-state index contributed by atoms with van der Waals surface area (Å²) in [5, 5.41) is 14.2. The Morgan fingerprint density at radius 3 is 2.88 bits per heavy atom. The lowest BCUT2D eigenvalue weighted by Gasteiger charge is -2.14. The Balaban J connectivity index is 1.93. The second kappa shape index (κ2) is 4.12. The van der Waals surface area contributed by atoms with Crippen LogP contribution in [0.15, 0.2) is 29.0 Å². The molecule has 1 N–H and O–H groups in total. The van der Waals surface area contributed by atoms with Crippen LogP contribution in [-0.4, -0.2) is 31.7 Å². The number of hydrogen-bond acceptors (Lipinski definition) is 6.